The Morgan fingerprint density at radius 1 is 1.53 bits per heavy atom. The van der Waals surface area contributed by atoms with Gasteiger partial charge in [-0.2, -0.15) is 0 Å². The zero-order chi connectivity index (χ0) is 10.9. The Hall–Kier alpha value is -1.06. The number of methoxy groups -OCH3 is 1. The van der Waals surface area contributed by atoms with E-state index in [2.05, 4.69) is 0 Å². The molecule has 0 saturated heterocycles. The first kappa shape index (κ1) is 10.5. The summed E-state index contributed by atoms with van der Waals surface area (Å²) in [5, 5.41) is 0. The number of fused-ring (bicyclic) bond motifs is 1. The van der Waals surface area contributed by atoms with Gasteiger partial charge in [-0.15, -0.1) is 0 Å². The first-order chi connectivity index (χ1) is 7.14. The van der Waals surface area contributed by atoms with Crippen LogP contribution in [0, 0.1) is 0 Å². The SMILES string of the molecule is COC[C@@]1(C)C[C@@H](N)c2ccccc2O1. The van der Waals surface area contributed by atoms with Crippen LogP contribution in [0.25, 0.3) is 0 Å². The first-order valence-corrected chi connectivity index (χ1v) is 5.17. The van der Waals surface area contributed by atoms with Crippen molar-refractivity contribution in [3.63, 3.8) is 0 Å². The average Bonchev–Trinajstić information content (AvgIpc) is 2.17. The Bertz CT molecular complexity index is 353. The minimum Gasteiger partial charge on any atom is -0.485 e. The molecule has 2 rings (SSSR count). The lowest BCUT2D eigenvalue weighted by Crippen LogP contribution is -2.43. The van der Waals surface area contributed by atoms with Gasteiger partial charge in [-0.1, -0.05) is 18.2 Å². The highest BCUT2D eigenvalue weighted by Crippen LogP contribution is 2.38. The van der Waals surface area contributed by atoms with E-state index < -0.39 is 0 Å². The van der Waals surface area contributed by atoms with Crippen molar-refractivity contribution in [2.45, 2.75) is 25.0 Å². The summed E-state index contributed by atoms with van der Waals surface area (Å²) in [5.41, 5.74) is 6.90. The molecular weight excluding hydrogens is 190 g/mol. The van der Waals surface area contributed by atoms with E-state index in [0.717, 1.165) is 17.7 Å². The highest BCUT2D eigenvalue weighted by Gasteiger charge is 2.35. The second-order valence-electron chi connectivity index (χ2n) is 4.33. The zero-order valence-corrected chi connectivity index (χ0v) is 9.19. The van der Waals surface area contributed by atoms with E-state index in [1.165, 1.54) is 0 Å². The minimum absolute atomic E-state index is 0.0371. The van der Waals surface area contributed by atoms with Gasteiger partial charge in [0.2, 0.25) is 0 Å². The van der Waals surface area contributed by atoms with E-state index in [9.17, 15) is 0 Å². The summed E-state index contributed by atoms with van der Waals surface area (Å²) in [4.78, 5) is 0. The molecule has 15 heavy (non-hydrogen) atoms. The monoisotopic (exact) mass is 207 g/mol. The lowest BCUT2D eigenvalue weighted by molar-refractivity contribution is -0.0172. The van der Waals surface area contributed by atoms with E-state index in [1.807, 2.05) is 31.2 Å². The second-order valence-corrected chi connectivity index (χ2v) is 4.33. The number of hydrogen-bond acceptors (Lipinski definition) is 3. The molecule has 1 aliphatic rings. The van der Waals surface area contributed by atoms with E-state index in [1.54, 1.807) is 7.11 Å². The maximum Gasteiger partial charge on any atom is 0.131 e. The van der Waals surface area contributed by atoms with Gasteiger partial charge in [-0.3, -0.25) is 0 Å². The Morgan fingerprint density at radius 3 is 3.00 bits per heavy atom. The number of hydrogen-bond donors (Lipinski definition) is 1. The molecule has 2 N–H and O–H groups in total. The summed E-state index contributed by atoms with van der Waals surface area (Å²) < 4.78 is 11.1. The number of para-hydroxylation sites is 1. The predicted molar refractivity (Wildman–Crippen MR) is 58.9 cm³/mol. The van der Waals surface area contributed by atoms with Gasteiger partial charge in [0.1, 0.15) is 11.4 Å². The van der Waals surface area contributed by atoms with Crippen LogP contribution in [0.5, 0.6) is 5.75 Å². The Labute approximate surface area is 90.2 Å². The highest BCUT2D eigenvalue weighted by molar-refractivity contribution is 5.38. The number of rotatable bonds is 2. The Kier molecular flexibility index (Phi) is 2.67. The van der Waals surface area contributed by atoms with Crippen molar-refractivity contribution in [2.24, 2.45) is 5.73 Å². The van der Waals surface area contributed by atoms with Gasteiger partial charge in [-0.05, 0) is 13.0 Å². The van der Waals surface area contributed by atoms with E-state index in [0.29, 0.717) is 6.61 Å². The molecule has 1 aliphatic heterocycles. The summed E-state index contributed by atoms with van der Waals surface area (Å²) in [5.74, 6) is 0.885. The predicted octanol–water partition coefficient (Wildman–Crippen LogP) is 1.87. The van der Waals surface area contributed by atoms with Gasteiger partial charge < -0.3 is 15.2 Å². The molecule has 0 aliphatic carbocycles. The van der Waals surface area contributed by atoms with E-state index in [4.69, 9.17) is 15.2 Å². The molecule has 2 atom stereocenters. The summed E-state index contributed by atoms with van der Waals surface area (Å²) in [6, 6.07) is 7.97. The van der Waals surface area contributed by atoms with Crippen LogP contribution < -0.4 is 10.5 Å². The van der Waals surface area contributed by atoms with Crippen molar-refractivity contribution in [1.82, 2.24) is 0 Å². The van der Waals surface area contributed by atoms with Crippen molar-refractivity contribution in [3.8, 4) is 5.75 Å². The molecule has 0 amide bonds. The summed E-state index contributed by atoms with van der Waals surface area (Å²) in [6.45, 7) is 2.60. The third-order valence-electron chi connectivity index (χ3n) is 2.78. The Morgan fingerprint density at radius 2 is 2.27 bits per heavy atom. The van der Waals surface area contributed by atoms with E-state index in [-0.39, 0.29) is 11.6 Å². The standard InChI is InChI=1S/C12H17NO2/c1-12(8-14-2)7-10(13)9-5-3-4-6-11(9)15-12/h3-6,10H,7-8,13H2,1-2H3/t10-,12-/m1/s1. The molecule has 1 heterocycles. The topological polar surface area (TPSA) is 44.5 Å². The smallest absolute Gasteiger partial charge is 0.131 e. The Balaban J connectivity index is 2.29. The number of nitrogens with two attached hydrogens (primary N) is 1. The molecule has 1 aromatic rings. The fourth-order valence-electron chi connectivity index (χ4n) is 2.16. The molecule has 0 spiro atoms. The maximum absolute atomic E-state index is 6.12. The second kappa shape index (κ2) is 3.83. The van der Waals surface area contributed by atoms with Gasteiger partial charge in [-0.25, -0.2) is 0 Å². The van der Waals surface area contributed by atoms with Crippen molar-refractivity contribution in [2.75, 3.05) is 13.7 Å². The van der Waals surface area contributed by atoms with Crippen LogP contribution in [0.4, 0.5) is 0 Å². The molecule has 0 saturated carbocycles. The molecule has 0 bridgehead atoms. The summed E-state index contributed by atoms with van der Waals surface area (Å²) in [7, 11) is 1.68. The van der Waals surface area contributed by atoms with Gasteiger partial charge in [0.15, 0.2) is 0 Å². The largest absolute Gasteiger partial charge is 0.485 e. The molecule has 82 valence electrons. The third kappa shape index (κ3) is 1.98. The normalized spacial score (nSPS) is 29.4. The molecule has 1 aromatic carbocycles. The van der Waals surface area contributed by atoms with Crippen molar-refractivity contribution in [1.29, 1.82) is 0 Å². The molecule has 3 heteroatoms. The molecule has 0 aromatic heterocycles. The van der Waals surface area contributed by atoms with Crippen LogP contribution in [-0.2, 0) is 4.74 Å². The van der Waals surface area contributed by atoms with Crippen LogP contribution in [0.1, 0.15) is 24.9 Å². The van der Waals surface area contributed by atoms with Crippen molar-refractivity contribution < 1.29 is 9.47 Å². The third-order valence-corrected chi connectivity index (χ3v) is 2.78. The van der Waals surface area contributed by atoms with Crippen LogP contribution in [0.15, 0.2) is 24.3 Å². The molecule has 0 fully saturated rings. The molecular formula is C12H17NO2. The number of ether oxygens (including phenoxy) is 2. The van der Waals surface area contributed by atoms with Crippen LogP contribution in [0.2, 0.25) is 0 Å². The van der Waals surface area contributed by atoms with E-state index >= 15 is 0 Å². The fraction of sp³-hybridized carbons (Fsp3) is 0.500. The lowest BCUT2D eigenvalue weighted by atomic mass is 9.89. The maximum atomic E-state index is 6.12. The first-order valence-electron chi connectivity index (χ1n) is 5.17. The molecule has 3 nitrogen and oxygen atoms in total. The quantitative estimate of drug-likeness (QED) is 0.805. The van der Waals surface area contributed by atoms with Gasteiger partial charge in [0.25, 0.3) is 0 Å². The van der Waals surface area contributed by atoms with Gasteiger partial charge in [0.05, 0.1) is 6.61 Å². The van der Waals surface area contributed by atoms with Crippen LogP contribution in [0.3, 0.4) is 0 Å². The zero-order valence-electron chi connectivity index (χ0n) is 9.19. The van der Waals surface area contributed by atoms with Crippen LogP contribution >= 0.6 is 0 Å². The minimum atomic E-state index is -0.303. The molecule has 0 radical (unpaired) electrons. The van der Waals surface area contributed by atoms with Crippen molar-refractivity contribution >= 4 is 0 Å². The average molecular weight is 207 g/mol. The fourth-order valence-corrected chi connectivity index (χ4v) is 2.16. The van der Waals surface area contributed by atoms with Gasteiger partial charge >= 0.3 is 0 Å². The van der Waals surface area contributed by atoms with Crippen molar-refractivity contribution in [3.05, 3.63) is 29.8 Å². The summed E-state index contributed by atoms with van der Waals surface area (Å²) >= 11 is 0. The van der Waals surface area contributed by atoms with Gasteiger partial charge in [0, 0.05) is 25.1 Å². The summed E-state index contributed by atoms with van der Waals surface area (Å²) in [6.07, 6.45) is 0.790. The highest BCUT2D eigenvalue weighted by atomic mass is 16.5. The number of benzene rings is 1. The molecule has 0 unspecified atom stereocenters. The van der Waals surface area contributed by atoms with Crippen LogP contribution in [-0.4, -0.2) is 19.3 Å². The lowest BCUT2D eigenvalue weighted by Gasteiger charge is -2.38.